The van der Waals surface area contributed by atoms with Crippen LogP contribution in [0.25, 0.3) is 0 Å². The molecule has 5 nitrogen and oxygen atoms in total. The van der Waals surface area contributed by atoms with Gasteiger partial charge in [-0.2, -0.15) is 0 Å². The molecular formula is C20H25NO4. The van der Waals surface area contributed by atoms with Crippen LogP contribution in [0.4, 0.5) is 0 Å². The van der Waals surface area contributed by atoms with Gasteiger partial charge < -0.3 is 20.3 Å². The topological polar surface area (TPSA) is 85.1 Å². The van der Waals surface area contributed by atoms with Crippen molar-refractivity contribution in [1.82, 2.24) is 0 Å². The minimum absolute atomic E-state index is 0.264. The lowest BCUT2D eigenvalue weighted by atomic mass is 9.55. The zero-order valence-electron chi connectivity index (χ0n) is 14.7. The third kappa shape index (κ3) is 1.99. The van der Waals surface area contributed by atoms with E-state index in [0.717, 1.165) is 36.8 Å². The van der Waals surface area contributed by atoms with Crippen molar-refractivity contribution in [2.75, 3.05) is 7.11 Å². The van der Waals surface area contributed by atoms with Crippen LogP contribution in [0, 0.1) is 17.3 Å². The summed E-state index contributed by atoms with van der Waals surface area (Å²) in [6.07, 6.45) is 4.49. The number of methoxy groups -OCH3 is 1. The van der Waals surface area contributed by atoms with Crippen molar-refractivity contribution in [3.63, 3.8) is 0 Å². The number of benzene rings is 1. The maximum absolute atomic E-state index is 11.7. The summed E-state index contributed by atoms with van der Waals surface area (Å²) in [7, 11) is 1.56. The molecule has 3 aliphatic carbocycles. The van der Waals surface area contributed by atoms with E-state index in [2.05, 4.69) is 6.92 Å². The first kappa shape index (κ1) is 15.6. The number of hydrogen-bond donors (Lipinski definition) is 2. The first-order valence-electron chi connectivity index (χ1n) is 9.29. The summed E-state index contributed by atoms with van der Waals surface area (Å²) in [6.45, 7) is 2.38. The average Bonchev–Trinajstić information content (AvgIpc) is 3.31. The minimum Gasteiger partial charge on any atom is -0.496 e. The number of amides is 1. The van der Waals surface area contributed by atoms with Crippen LogP contribution >= 0.6 is 0 Å². The molecule has 25 heavy (non-hydrogen) atoms. The van der Waals surface area contributed by atoms with Gasteiger partial charge in [0.05, 0.1) is 31.0 Å². The van der Waals surface area contributed by atoms with Gasteiger partial charge in [0.15, 0.2) is 0 Å². The fraction of sp³-hybridized carbons (Fsp3) is 0.650. The Balaban J connectivity index is 1.58. The summed E-state index contributed by atoms with van der Waals surface area (Å²) in [6, 6.07) is 3.70. The molecule has 134 valence electrons. The molecule has 1 aliphatic heterocycles. The van der Waals surface area contributed by atoms with Crippen LogP contribution in [0.3, 0.4) is 0 Å². The van der Waals surface area contributed by atoms with Crippen molar-refractivity contribution in [2.24, 2.45) is 23.0 Å². The van der Waals surface area contributed by atoms with Crippen molar-refractivity contribution >= 4 is 5.91 Å². The highest BCUT2D eigenvalue weighted by Gasteiger charge is 2.66. The molecule has 1 aromatic rings. The number of aliphatic hydroxyl groups excluding tert-OH is 1. The largest absolute Gasteiger partial charge is 0.496 e. The lowest BCUT2D eigenvalue weighted by molar-refractivity contribution is -0.0195. The Labute approximate surface area is 147 Å². The van der Waals surface area contributed by atoms with Crippen molar-refractivity contribution in [3.8, 4) is 5.75 Å². The standard InChI is InChI=1S/C20H25NO4/c1-20-4-3-9-10-7-16(24-2)13(19(21)23)5-12(10)15(22)6-11(9)14(20)8-17-18(20)25-17/h5,7,9,11,14-15,17-18,22H,3-4,6,8H2,1-2H3,(H2,21,23)/t9-,11-,14+,15+,17-,18-,20+/m1/s1. The number of aliphatic hydroxyl groups is 1. The highest BCUT2D eigenvalue weighted by molar-refractivity contribution is 5.96. The van der Waals surface area contributed by atoms with Crippen molar-refractivity contribution in [1.29, 1.82) is 0 Å². The maximum atomic E-state index is 11.7. The van der Waals surface area contributed by atoms with Gasteiger partial charge in [-0.1, -0.05) is 6.92 Å². The predicted molar refractivity (Wildman–Crippen MR) is 91.4 cm³/mol. The quantitative estimate of drug-likeness (QED) is 0.808. The van der Waals surface area contributed by atoms with Gasteiger partial charge in [-0.25, -0.2) is 0 Å². The zero-order chi connectivity index (χ0) is 17.5. The highest BCUT2D eigenvalue weighted by Crippen LogP contribution is 2.67. The second-order valence-electron chi connectivity index (χ2n) is 8.55. The first-order chi connectivity index (χ1) is 11.9. The SMILES string of the molecule is COc1cc2c(cc1C(N)=O)[C@@H](O)C[C@@H]1[C@@H]2CC[C@]2(C)[C@@H]3O[C@@H]3C[C@@H]12. The molecule has 0 spiro atoms. The lowest BCUT2D eigenvalue weighted by Gasteiger charge is -2.50. The molecule has 4 aliphatic rings. The Morgan fingerprint density at radius 3 is 2.88 bits per heavy atom. The Kier molecular flexibility index (Phi) is 3.12. The molecule has 0 unspecified atom stereocenters. The zero-order valence-corrected chi connectivity index (χ0v) is 14.7. The summed E-state index contributed by atoms with van der Waals surface area (Å²) >= 11 is 0. The van der Waals surface area contributed by atoms with Crippen LogP contribution in [0.2, 0.25) is 0 Å². The van der Waals surface area contributed by atoms with E-state index < -0.39 is 12.0 Å². The van der Waals surface area contributed by atoms with Gasteiger partial charge in [0.1, 0.15) is 5.75 Å². The van der Waals surface area contributed by atoms with Crippen molar-refractivity contribution < 1.29 is 19.4 Å². The number of fused-ring (bicyclic) bond motifs is 7. The van der Waals surface area contributed by atoms with Crippen LogP contribution in [0.15, 0.2) is 12.1 Å². The molecule has 1 saturated heterocycles. The van der Waals surface area contributed by atoms with E-state index in [1.165, 1.54) is 0 Å². The van der Waals surface area contributed by atoms with E-state index in [1.54, 1.807) is 13.2 Å². The minimum atomic E-state index is -0.541. The first-order valence-corrected chi connectivity index (χ1v) is 9.29. The molecular weight excluding hydrogens is 318 g/mol. The maximum Gasteiger partial charge on any atom is 0.252 e. The summed E-state index contributed by atoms with van der Waals surface area (Å²) in [4.78, 5) is 11.7. The van der Waals surface area contributed by atoms with Crippen LogP contribution in [-0.2, 0) is 4.74 Å². The summed E-state index contributed by atoms with van der Waals surface area (Å²) < 4.78 is 11.3. The number of carbonyl (C=O) groups excluding carboxylic acids is 1. The van der Waals surface area contributed by atoms with E-state index >= 15 is 0 Å². The molecule has 2 saturated carbocycles. The molecule has 3 fully saturated rings. The number of rotatable bonds is 2. The molecule has 0 aromatic heterocycles. The van der Waals surface area contributed by atoms with Crippen molar-refractivity contribution in [2.45, 2.75) is 56.8 Å². The number of ether oxygens (including phenoxy) is 2. The van der Waals surface area contributed by atoms with Crippen LogP contribution in [0.5, 0.6) is 5.75 Å². The van der Waals surface area contributed by atoms with E-state index in [4.69, 9.17) is 15.2 Å². The molecule has 7 atom stereocenters. The second kappa shape index (κ2) is 4.98. The van der Waals surface area contributed by atoms with Gasteiger partial charge in [-0.3, -0.25) is 4.79 Å². The van der Waals surface area contributed by atoms with Crippen molar-refractivity contribution in [3.05, 3.63) is 28.8 Å². The van der Waals surface area contributed by atoms with E-state index in [0.29, 0.717) is 41.3 Å². The number of hydrogen-bond acceptors (Lipinski definition) is 4. The smallest absolute Gasteiger partial charge is 0.252 e. The van der Waals surface area contributed by atoms with Crippen LogP contribution in [-0.4, -0.2) is 30.3 Å². The highest BCUT2D eigenvalue weighted by atomic mass is 16.6. The molecule has 0 radical (unpaired) electrons. The average molecular weight is 343 g/mol. The molecule has 1 heterocycles. The van der Waals surface area contributed by atoms with E-state index in [-0.39, 0.29) is 5.41 Å². The molecule has 5 rings (SSSR count). The van der Waals surface area contributed by atoms with Gasteiger partial charge in [0.25, 0.3) is 5.91 Å². The molecule has 3 N–H and O–H groups in total. The third-order valence-electron chi connectivity index (χ3n) is 7.52. The van der Waals surface area contributed by atoms with Gasteiger partial charge in [0, 0.05) is 0 Å². The van der Waals surface area contributed by atoms with Crippen LogP contribution in [0.1, 0.15) is 66.1 Å². The summed E-state index contributed by atoms with van der Waals surface area (Å²) in [5.74, 6) is 1.51. The Morgan fingerprint density at radius 2 is 2.16 bits per heavy atom. The van der Waals surface area contributed by atoms with Crippen LogP contribution < -0.4 is 10.5 Å². The summed E-state index contributed by atoms with van der Waals surface area (Å²) in [5.41, 5.74) is 8.12. The lowest BCUT2D eigenvalue weighted by Crippen LogP contribution is -2.43. The number of epoxide rings is 1. The van der Waals surface area contributed by atoms with Gasteiger partial charge in [0.2, 0.25) is 0 Å². The number of nitrogens with two attached hydrogens (primary N) is 1. The third-order valence-corrected chi connectivity index (χ3v) is 7.52. The number of carbonyl (C=O) groups is 1. The molecule has 5 heteroatoms. The molecule has 1 aromatic carbocycles. The van der Waals surface area contributed by atoms with Gasteiger partial charge in [-0.05, 0) is 72.1 Å². The van der Waals surface area contributed by atoms with Gasteiger partial charge in [-0.15, -0.1) is 0 Å². The fourth-order valence-corrected chi connectivity index (χ4v) is 6.27. The molecule has 0 bridgehead atoms. The van der Waals surface area contributed by atoms with Gasteiger partial charge >= 0.3 is 0 Å². The van der Waals surface area contributed by atoms with E-state index in [1.807, 2.05) is 6.07 Å². The fourth-order valence-electron chi connectivity index (χ4n) is 6.27. The summed E-state index contributed by atoms with van der Waals surface area (Å²) in [5, 5.41) is 10.8. The monoisotopic (exact) mass is 343 g/mol. The predicted octanol–water partition coefficient (Wildman–Crippen LogP) is 2.52. The van der Waals surface area contributed by atoms with E-state index in [9.17, 15) is 9.90 Å². The number of primary amides is 1. The molecule has 1 amide bonds. The Bertz CT molecular complexity index is 762. The normalized spacial score (nSPS) is 43.5. The second-order valence-corrected chi connectivity index (χ2v) is 8.55. The Morgan fingerprint density at radius 1 is 1.36 bits per heavy atom. The Hall–Kier alpha value is -1.59.